The quantitative estimate of drug-likeness (QED) is 0.413. The lowest BCUT2D eigenvalue weighted by Gasteiger charge is -2.08. The van der Waals surface area contributed by atoms with Gasteiger partial charge in [0.25, 0.3) is 0 Å². The first-order chi connectivity index (χ1) is 12.1. The van der Waals surface area contributed by atoms with Crippen LogP contribution < -0.4 is 4.74 Å². The summed E-state index contributed by atoms with van der Waals surface area (Å²) in [6.45, 7) is 0. The molecule has 0 saturated carbocycles. The van der Waals surface area contributed by atoms with Crippen molar-refractivity contribution in [2.24, 2.45) is 0 Å². The molecule has 7 heteroatoms. The van der Waals surface area contributed by atoms with Crippen LogP contribution >= 0.6 is 34.8 Å². The largest absolute Gasteiger partial charge is 0.437 e. The van der Waals surface area contributed by atoms with Crippen molar-refractivity contribution < 1.29 is 4.74 Å². The van der Waals surface area contributed by atoms with Gasteiger partial charge in [0.05, 0.1) is 16.1 Å². The maximum atomic E-state index is 6.08. The molecular weight excluding hydrogens is 381 g/mol. The Morgan fingerprint density at radius 2 is 1.60 bits per heavy atom. The summed E-state index contributed by atoms with van der Waals surface area (Å²) in [6, 6.07) is 16.8. The number of aromatic amines is 1. The van der Waals surface area contributed by atoms with Crippen molar-refractivity contribution >= 4 is 45.8 Å². The van der Waals surface area contributed by atoms with Gasteiger partial charge in [-0.2, -0.15) is 4.98 Å². The Labute approximate surface area is 158 Å². The molecule has 25 heavy (non-hydrogen) atoms. The first-order valence-corrected chi connectivity index (χ1v) is 8.48. The average molecular weight is 391 g/mol. The van der Waals surface area contributed by atoms with Crippen molar-refractivity contribution in [3.05, 3.63) is 69.8 Å². The van der Waals surface area contributed by atoms with E-state index in [1.54, 1.807) is 0 Å². The number of nitrogens with zero attached hydrogens (tertiary/aromatic N) is 2. The highest BCUT2D eigenvalue weighted by molar-refractivity contribution is 6.42. The van der Waals surface area contributed by atoms with Gasteiger partial charge in [0, 0.05) is 5.56 Å². The van der Waals surface area contributed by atoms with Crippen LogP contribution in [0.25, 0.3) is 22.4 Å². The number of halogens is 3. The van der Waals surface area contributed by atoms with Crippen molar-refractivity contribution in [3.63, 3.8) is 0 Å². The first-order valence-electron chi connectivity index (χ1n) is 7.35. The van der Waals surface area contributed by atoms with Gasteiger partial charge < -0.3 is 9.72 Å². The van der Waals surface area contributed by atoms with Gasteiger partial charge in [-0.15, -0.1) is 0 Å². The highest BCUT2D eigenvalue weighted by Crippen LogP contribution is 2.33. The van der Waals surface area contributed by atoms with Crippen LogP contribution in [0.1, 0.15) is 0 Å². The summed E-state index contributed by atoms with van der Waals surface area (Å²) in [5.41, 5.74) is 2.85. The lowest BCUT2D eigenvalue weighted by atomic mass is 10.2. The Hall–Kier alpha value is -2.27. The maximum absolute atomic E-state index is 6.08. The van der Waals surface area contributed by atoms with Crippen molar-refractivity contribution in [2.45, 2.75) is 0 Å². The molecule has 4 nitrogen and oxygen atoms in total. The molecule has 0 aliphatic rings. The van der Waals surface area contributed by atoms with Gasteiger partial charge in [-0.05, 0) is 42.5 Å². The summed E-state index contributed by atoms with van der Waals surface area (Å²) in [4.78, 5) is 11.9. The number of rotatable bonds is 3. The van der Waals surface area contributed by atoms with E-state index >= 15 is 0 Å². The third-order valence-corrected chi connectivity index (χ3v) is 4.53. The molecule has 0 spiro atoms. The number of imidazole rings is 1. The van der Waals surface area contributed by atoms with Gasteiger partial charge in [-0.1, -0.05) is 46.9 Å². The predicted molar refractivity (Wildman–Crippen MR) is 101 cm³/mol. The number of para-hydroxylation sites is 2. The standard InChI is InChI=1S/C18H10Cl3N3O/c19-12-9-13(20)18(24-16(12)21)25-11-7-5-10(6-8-11)17-22-14-3-1-2-4-15(14)23-17/h1-9H,(H,22,23). The highest BCUT2D eigenvalue weighted by Gasteiger charge is 2.11. The zero-order valence-electron chi connectivity index (χ0n) is 12.6. The van der Waals surface area contributed by atoms with Crippen LogP contribution in [0.4, 0.5) is 0 Å². The van der Waals surface area contributed by atoms with E-state index in [4.69, 9.17) is 39.5 Å². The molecule has 4 rings (SSSR count). The number of aromatic nitrogens is 3. The van der Waals surface area contributed by atoms with Gasteiger partial charge in [0.2, 0.25) is 5.88 Å². The summed E-state index contributed by atoms with van der Waals surface area (Å²) in [5.74, 6) is 1.57. The Morgan fingerprint density at radius 1 is 0.840 bits per heavy atom. The molecule has 0 aliphatic carbocycles. The Kier molecular flexibility index (Phi) is 4.25. The number of fused-ring (bicyclic) bond motifs is 1. The molecule has 124 valence electrons. The lowest BCUT2D eigenvalue weighted by molar-refractivity contribution is 0.463. The normalized spacial score (nSPS) is 11.0. The summed E-state index contributed by atoms with van der Waals surface area (Å²) in [7, 11) is 0. The molecule has 0 aliphatic heterocycles. The van der Waals surface area contributed by atoms with Crippen molar-refractivity contribution in [2.75, 3.05) is 0 Å². The zero-order valence-corrected chi connectivity index (χ0v) is 14.9. The monoisotopic (exact) mass is 389 g/mol. The van der Waals surface area contributed by atoms with E-state index < -0.39 is 0 Å². The summed E-state index contributed by atoms with van der Waals surface area (Å²) < 4.78 is 5.68. The van der Waals surface area contributed by atoms with Crippen molar-refractivity contribution in [3.8, 4) is 23.0 Å². The third-order valence-electron chi connectivity index (χ3n) is 3.59. The van der Waals surface area contributed by atoms with E-state index in [-0.39, 0.29) is 21.1 Å². The lowest BCUT2D eigenvalue weighted by Crippen LogP contribution is -1.90. The molecule has 2 aromatic heterocycles. The molecule has 0 fully saturated rings. The zero-order chi connectivity index (χ0) is 17.4. The molecule has 0 unspecified atom stereocenters. The molecule has 2 aromatic carbocycles. The number of ether oxygens (including phenoxy) is 1. The van der Waals surface area contributed by atoms with Crippen LogP contribution in [0.5, 0.6) is 11.6 Å². The van der Waals surface area contributed by atoms with E-state index in [0.29, 0.717) is 5.75 Å². The number of nitrogens with one attached hydrogen (secondary N) is 1. The molecule has 0 atom stereocenters. The second kappa shape index (κ2) is 6.56. The van der Waals surface area contributed by atoms with Crippen LogP contribution in [-0.2, 0) is 0 Å². The fourth-order valence-corrected chi connectivity index (χ4v) is 2.91. The molecule has 0 radical (unpaired) electrons. The highest BCUT2D eigenvalue weighted by atomic mass is 35.5. The summed E-state index contributed by atoms with van der Waals surface area (Å²) >= 11 is 17.8. The number of benzene rings is 2. The second-order valence-corrected chi connectivity index (χ2v) is 6.45. The van der Waals surface area contributed by atoms with Crippen LogP contribution in [0.15, 0.2) is 54.6 Å². The van der Waals surface area contributed by atoms with Gasteiger partial charge in [0.15, 0.2) is 5.15 Å². The molecule has 0 amide bonds. The first kappa shape index (κ1) is 16.2. The number of hydrogen-bond donors (Lipinski definition) is 1. The minimum Gasteiger partial charge on any atom is -0.437 e. The van der Waals surface area contributed by atoms with E-state index in [1.165, 1.54) is 6.07 Å². The van der Waals surface area contributed by atoms with Crippen LogP contribution in [0.2, 0.25) is 15.2 Å². The molecule has 1 N–H and O–H groups in total. The Balaban J connectivity index is 1.61. The van der Waals surface area contributed by atoms with Gasteiger partial charge in [-0.25, -0.2) is 4.98 Å². The van der Waals surface area contributed by atoms with Crippen molar-refractivity contribution in [1.29, 1.82) is 0 Å². The minimum atomic E-state index is 0.139. The second-order valence-electron chi connectivity index (χ2n) is 5.28. The average Bonchev–Trinajstić information content (AvgIpc) is 3.04. The summed E-state index contributed by atoms with van der Waals surface area (Å²) in [5, 5.41) is 0.704. The number of hydrogen-bond acceptors (Lipinski definition) is 3. The van der Waals surface area contributed by atoms with Crippen molar-refractivity contribution in [1.82, 2.24) is 15.0 Å². The molecule has 2 heterocycles. The summed E-state index contributed by atoms with van der Waals surface area (Å²) in [6.07, 6.45) is 0. The maximum Gasteiger partial charge on any atom is 0.239 e. The minimum absolute atomic E-state index is 0.139. The molecular formula is C18H10Cl3N3O. The van der Waals surface area contributed by atoms with E-state index in [9.17, 15) is 0 Å². The van der Waals surface area contributed by atoms with Gasteiger partial charge >= 0.3 is 0 Å². The Bertz CT molecular complexity index is 1030. The van der Waals surface area contributed by atoms with Crippen LogP contribution in [-0.4, -0.2) is 15.0 Å². The fourth-order valence-electron chi connectivity index (χ4n) is 2.38. The number of pyridine rings is 1. The molecule has 0 bridgehead atoms. The molecule has 0 saturated heterocycles. The molecule has 4 aromatic rings. The van der Waals surface area contributed by atoms with Gasteiger partial charge in [0.1, 0.15) is 16.6 Å². The van der Waals surface area contributed by atoms with E-state index in [2.05, 4.69) is 15.0 Å². The predicted octanol–water partition coefficient (Wildman–Crippen LogP) is 6.38. The van der Waals surface area contributed by atoms with E-state index in [1.807, 2.05) is 48.5 Å². The smallest absolute Gasteiger partial charge is 0.239 e. The third kappa shape index (κ3) is 3.29. The van der Waals surface area contributed by atoms with E-state index in [0.717, 1.165) is 22.4 Å². The fraction of sp³-hybridized carbons (Fsp3) is 0. The SMILES string of the molecule is Clc1cc(Cl)c(Oc2ccc(-c3nc4ccccc4[nH]3)cc2)nc1Cl. The van der Waals surface area contributed by atoms with Crippen LogP contribution in [0, 0.1) is 0 Å². The van der Waals surface area contributed by atoms with Gasteiger partial charge in [-0.3, -0.25) is 0 Å². The Morgan fingerprint density at radius 3 is 2.36 bits per heavy atom. The number of H-pyrrole nitrogens is 1. The van der Waals surface area contributed by atoms with Crippen LogP contribution in [0.3, 0.4) is 0 Å². The topological polar surface area (TPSA) is 50.8 Å².